The van der Waals surface area contributed by atoms with Gasteiger partial charge in [0, 0.05) is 18.3 Å². The number of nitro benzene ring substituents is 1. The lowest BCUT2D eigenvalue weighted by atomic mass is 10.2. The SMILES string of the molecule is CCN([C@@H](C)C(=O)Nc1ccc(C)cc1)S(=O)(=O)c1ccc(F)c([N+](=O)[O-])c1. The van der Waals surface area contributed by atoms with Crippen LogP contribution in [0.3, 0.4) is 0 Å². The van der Waals surface area contributed by atoms with Crippen molar-refractivity contribution in [2.75, 3.05) is 11.9 Å². The summed E-state index contributed by atoms with van der Waals surface area (Å²) < 4.78 is 40.2. The van der Waals surface area contributed by atoms with E-state index in [-0.39, 0.29) is 6.54 Å². The first-order valence-corrected chi connectivity index (χ1v) is 9.85. The molecule has 2 rings (SSSR count). The molecule has 0 spiro atoms. The number of likely N-dealkylation sites (N-methyl/N-ethyl adjacent to an activating group) is 1. The molecule has 0 heterocycles. The quantitative estimate of drug-likeness (QED) is 0.558. The van der Waals surface area contributed by atoms with E-state index in [1.54, 1.807) is 24.3 Å². The van der Waals surface area contributed by atoms with Gasteiger partial charge in [-0.1, -0.05) is 24.6 Å². The molecule has 2 aromatic carbocycles. The summed E-state index contributed by atoms with van der Waals surface area (Å²) in [5.41, 5.74) is 0.559. The zero-order chi connectivity index (χ0) is 21.1. The van der Waals surface area contributed by atoms with Gasteiger partial charge in [-0.25, -0.2) is 8.42 Å². The maximum Gasteiger partial charge on any atom is 0.306 e. The van der Waals surface area contributed by atoms with E-state index >= 15 is 0 Å². The third-order valence-electron chi connectivity index (χ3n) is 4.16. The van der Waals surface area contributed by atoms with Gasteiger partial charge in [0.1, 0.15) is 6.04 Å². The van der Waals surface area contributed by atoms with Crippen molar-refractivity contribution in [2.45, 2.75) is 31.7 Å². The molecule has 8 nitrogen and oxygen atoms in total. The lowest BCUT2D eigenvalue weighted by Crippen LogP contribution is -2.45. The predicted molar refractivity (Wildman–Crippen MR) is 102 cm³/mol. The Bertz CT molecular complexity index is 993. The Balaban J connectivity index is 2.31. The summed E-state index contributed by atoms with van der Waals surface area (Å²) in [6.07, 6.45) is 0. The van der Waals surface area contributed by atoms with E-state index in [0.717, 1.165) is 22.0 Å². The molecule has 0 bridgehead atoms. The Labute approximate surface area is 162 Å². The van der Waals surface area contributed by atoms with Crippen LogP contribution in [0.5, 0.6) is 0 Å². The summed E-state index contributed by atoms with van der Waals surface area (Å²) in [7, 11) is -4.27. The Morgan fingerprint density at radius 2 is 1.86 bits per heavy atom. The minimum atomic E-state index is -4.27. The van der Waals surface area contributed by atoms with Crippen LogP contribution >= 0.6 is 0 Å². The summed E-state index contributed by atoms with van der Waals surface area (Å²) in [4.78, 5) is 22.0. The van der Waals surface area contributed by atoms with Crippen LogP contribution in [0.15, 0.2) is 47.4 Å². The van der Waals surface area contributed by atoms with Gasteiger partial charge in [-0.05, 0) is 38.1 Å². The van der Waals surface area contributed by atoms with Crippen molar-refractivity contribution >= 4 is 27.3 Å². The molecule has 2 aromatic rings. The van der Waals surface area contributed by atoms with Gasteiger partial charge in [0.2, 0.25) is 21.7 Å². The number of hydrogen-bond acceptors (Lipinski definition) is 5. The fraction of sp³-hybridized carbons (Fsp3) is 0.278. The third kappa shape index (κ3) is 4.52. The van der Waals surface area contributed by atoms with Gasteiger partial charge < -0.3 is 5.32 Å². The van der Waals surface area contributed by atoms with E-state index in [0.29, 0.717) is 11.8 Å². The summed E-state index contributed by atoms with van der Waals surface area (Å²) in [6, 6.07) is 8.18. The van der Waals surface area contributed by atoms with Crippen LogP contribution in [-0.2, 0) is 14.8 Å². The lowest BCUT2D eigenvalue weighted by Gasteiger charge is -2.26. The fourth-order valence-electron chi connectivity index (χ4n) is 2.59. The highest BCUT2D eigenvalue weighted by molar-refractivity contribution is 7.89. The number of nitro groups is 1. The highest BCUT2D eigenvalue weighted by Crippen LogP contribution is 2.25. The molecular formula is C18H20FN3O5S. The Kier molecular flexibility index (Phi) is 6.47. The Morgan fingerprint density at radius 1 is 1.25 bits per heavy atom. The number of amides is 1. The van der Waals surface area contributed by atoms with Crippen LogP contribution in [0.1, 0.15) is 19.4 Å². The zero-order valence-corrected chi connectivity index (χ0v) is 16.4. The van der Waals surface area contributed by atoms with Gasteiger partial charge in [-0.3, -0.25) is 14.9 Å². The molecule has 1 amide bonds. The van der Waals surface area contributed by atoms with Crippen molar-refractivity contribution < 1.29 is 22.5 Å². The number of carbonyl (C=O) groups excluding carboxylic acids is 1. The molecule has 0 aliphatic heterocycles. The van der Waals surface area contributed by atoms with Crippen molar-refractivity contribution in [3.05, 3.63) is 64.0 Å². The number of halogens is 1. The van der Waals surface area contributed by atoms with Gasteiger partial charge in [0.15, 0.2) is 0 Å². The molecule has 1 N–H and O–H groups in total. The van der Waals surface area contributed by atoms with Crippen molar-refractivity contribution in [2.24, 2.45) is 0 Å². The van der Waals surface area contributed by atoms with Crippen LogP contribution in [-0.4, -0.2) is 36.1 Å². The molecule has 28 heavy (non-hydrogen) atoms. The summed E-state index contributed by atoms with van der Waals surface area (Å²) in [5.74, 6) is -1.71. The van der Waals surface area contributed by atoms with Gasteiger partial charge in [-0.2, -0.15) is 8.70 Å². The van der Waals surface area contributed by atoms with Crippen molar-refractivity contribution in [1.29, 1.82) is 0 Å². The molecule has 0 unspecified atom stereocenters. The number of benzene rings is 2. The minimum absolute atomic E-state index is 0.0595. The number of anilines is 1. The summed E-state index contributed by atoms with van der Waals surface area (Å²) in [6.45, 7) is 4.77. The second-order valence-corrected chi connectivity index (χ2v) is 8.00. The number of nitrogens with one attached hydrogen (secondary N) is 1. The molecule has 0 saturated heterocycles. The van der Waals surface area contributed by atoms with Crippen LogP contribution in [0.2, 0.25) is 0 Å². The number of hydrogen-bond donors (Lipinski definition) is 1. The number of carbonyl (C=O) groups is 1. The molecule has 0 aromatic heterocycles. The Hall–Kier alpha value is -2.85. The minimum Gasteiger partial charge on any atom is -0.325 e. The van der Waals surface area contributed by atoms with Crippen LogP contribution < -0.4 is 5.32 Å². The average molecular weight is 409 g/mol. The predicted octanol–water partition coefficient (Wildman–Crippen LogP) is 3.08. The molecule has 0 radical (unpaired) electrons. The molecule has 10 heteroatoms. The topological polar surface area (TPSA) is 110 Å². The molecule has 1 atom stereocenters. The van der Waals surface area contributed by atoms with Crippen molar-refractivity contribution in [1.82, 2.24) is 4.31 Å². The van der Waals surface area contributed by atoms with E-state index in [2.05, 4.69) is 5.32 Å². The van der Waals surface area contributed by atoms with Crippen molar-refractivity contribution in [3.63, 3.8) is 0 Å². The van der Waals surface area contributed by atoms with E-state index in [1.165, 1.54) is 13.8 Å². The van der Waals surface area contributed by atoms with Gasteiger partial charge >= 0.3 is 5.69 Å². The van der Waals surface area contributed by atoms with Crippen LogP contribution in [0, 0.1) is 22.9 Å². The lowest BCUT2D eigenvalue weighted by molar-refractivity contribution is -0.387. The van der Waals surface area contributed by atoms with Crippen molar-refractivity contribution in [3.8, 4) is 0 Å². The number of nitrogens with zero attached hydrogens (tertiary/aromatic N) is 2. The molecule has 0 saturated carbocycles. The first-order chi connectivity index (χ1) is 13.1. The van der Waals surface area contributed by atoms with Gasteiger partial charge in [0.25, 0.3) is 0 Å². The highest BCUT2D eigenvalue weighted by atomic mass is 32.2. The Morgan fingerprint density at radius 3 is 2.39 bits per heavy atom. The first kappa shape index (κ1) is 21.5. The molecule has 150 valence electrons. The molecule has 0 fully saturated rings. The third-order valence-corrected chi connectivity index (χ3v) is 6.20. The fourth-order valence-corrected chi connectivity index (χ4v) is 4.22. The number of sulfonamides is 1. The summed E-state index contributed by atoms with van der Waals surface area (Å²) in [5, 5.41) is 13.5. The maximum absolute atomic E-state index is 13.5. The highest BCUT2D eigenvalue weighted by Gasteiger charge is 2.33. The average Bonchev–Trinajstić information content (AvgIpc) is 2.63. The van der Waals surface area contributed by atoms with Crippen LogP contribution in [0.4, 0.5) is 15.8 Å². The first-order valence-electron chi connectivity index (χ1n) is 8.41. The van der Waals surface area contributed by atoms with Gasteiger partial charge in [0.05, 0.1) is 9.82 Å². The van der Waals surface area contributed by atoms with Gasteiger partial charge in [-0.15, -0.1) is 0 Å². The monoisotopic (exact) mass is 409 g/mol. The van der Waals surface area contributed by atoms with Crippen LogP contribution in [0.25, 0.3) is 0 Å². The number of rotatable bonds is 7. The second kappa shape index (κ2) is 8.44. The van der Waals surface area contributed by atoms with E-state index < -0.39 is 43.3 Å². The molecule has 0 aliphatic carbocycles. The molecule has 0 aliphatic rings. The van der Waals surface area contributed by atoms with E-state index in [4.69, 9.17) is 0 Å². The normalized spacial score (nSPS) is 12.6. The standard InChI is InChI=1S/C18H20FN3O5S/c1-4-21(13(3)18(23)20-14-7-5-12(2)6-8-14)28(26,27)15-9-10-16(19)17(11-15)22(24)25/h5-11,13H,4H2,1-3H3,(H,20,23)/t13-/m0/s1. The summed E-state index contributed by atoms with van der Waals surface area (Å²) >= 11 is 0. The number of aryl methyl sites for hydroxylation is 1. The maximum atomic E-state index is 13.5. The zero-order valence-electron chi connectivity index (χ0n) is 15.5. The smallest absolute Gasteiger partial charge is 0.306 e. The largest absolute Gasteiger partial charge is 0.325 e. The second-order valence-electron chi connectivity index (χ2n) is 6.11. The van der Waals surface area contributed by atoms with E-state index in [1.807, 2.05) is 6.92 Å². The van der Waals surface area contributed by atoms with E-state index in [9.17, 15) is 27.7 Å². The molecular weight excluding hydrogens is 389 g/mol.